The molecule has 6 rings (SSSR count). The van der Waals surface area contributed by atoms with E-state index in [4.69, 9.17) is 9.15 Å². The van der Waals surface area contributed by atoms with Crippen molar-refractivity contribution < 1.29 is 9.15 Å². The molecule has 31 heavy (non-hydrogen) atoms. The predicted octanol–water partition coefficient (Wildman–Crippen LogP) is 4.09. The Balaban J connectivity index is 1.88. The topological polar surface area (TPSA) is 75.5 Å². The fourth-order valence-electron chi connectivity index (χ4n) is 4.64. The molecule has 2 heterocycles. The number of anilines is 1. The lowest BCUT2D eigenvalue weighted by molar-refractivity contribution is 0.123. The van der Waals surface area contributed by atoms with Crippen molar-refractivity contribution in [3.63, 3.8) is 0 Å². The minimum Gasteiger partial charge on any atom is -0.453 e. The van der Waals surface area contributed by atoms with Crippen LogP contribution in [0.2, 0.25) is 0 Å². The Morgan fingerprint density at radius 1 is 0.839 bits per heavy atom. The predicted molar refractivity (Wildman–Crippen MR) is 123 cm³/mol. The van der Waals surface area contributed by atoms with E-state index in [9.17, 15) is 9.59 Å². The number of nitrogens with zero attached hydrogens (tertiary/aromatic N) is 1. The van der Waals surface area contributed by atoms with E-state index in [1.165, 1.54) is 0 Å². The van der Waals surface area contributed by atoms with E-state index in [1.54, 1.807) is 24.3 Å². The van der Waals surface area contributed by atoms with Crippen molar-refractivity contribution in [3.05, 3.63) is 74.5 Å². The minimum atomic E-state index is -0.162. The van der Waals surface area contributed by atoms with Gasteiger partial charge in [-0.15, -0.1) is 0 Å². The van der Waals surface area contributed by atoms with E-state index in [0.29, 0.717) is 64.5 Å². The van der Waals surface area contributed by atoms with Gasteiger partial charge in [-0.3, -0.25) is 9.59 Å². The second-order valence-electron chi connectivity index (χ2n) is 8.00. The smallest absolute Gasteiger partial charge is 0.196 e. The maximum Gasteiger partial charge on any atom is 0.196 e. The molecule has 154 valence electrons. The van der Waals surface area contributed by atoms with Gasteiger partial charge in [0, 0.05) is 29.9 Å². The Labute approximate surface area is 176 Å². The molecule has 0 saturated carbocycles. The summed E-state index contributed by atoms with van der Waals surface area (Å²) in [6.45, 7) is 4.43. The van der Waals surface area contributed by atoms with Crippen molar-refractivity contribution in [2.24, 2.45) is 0 Å². The molecule has 5 aromatic rings. The Bertz CT molecular complexity index is 1620. The fourth-order valence-corrected chi connectivity index (χ4v) is 4.64. The van der Waals surface area contributed by atoms with Gasteiger partial charge >= 0.3 is 0 Å². The zero-order valence-corrected chi connectivity index (χ0v) is 17.0. The summed E-state index contributed by atoms with van der Waals surface area (Å²) in [5.74, 6) is 0. The molecule has 6 heteroatoms. The standard InChI is InChI=1S/C25H20N2O4/c1-14-5-4-8-18-22(14)26-23-19(31-18)13-17(27-9-11-30-12-10-27)20-21(23)25(29)16-7-3-2-6-15(16)24(20)28/h2-8,13,26H,9-12H2,1H3. The lowest BCUT2D eigenvalue weighted by Crippen LogP contribution is -2.37. The first kappa shape index (κ1) is 18.2. The average molecular weight is 412 g/mol. The zero-order valence-electron chi connectivity index (χ0n) is 17.0. The molecule has 4 aromatic carbocycles. The van der Waals surface area contributed by atoms with Crippen LogP contribution in [0.1, 0.15) is 5.56 Å². The van der Waals surface area contributed by atoms with Crippen LogP contribution in [0.4, 0.5) is 5.69 Å². The molecule has 0 atom stereocenters. The van der Waals surface area contributed by atoms with Crippen LogP contribution in [0.3, 0.4) is 0 Å². The molecular weight excluding hydrogens is 392 g/mol. The van der Waals surface area contributed by atoms with Gasteiger partial charge in [0.05, 0.1) is 40.7 Å². The number of morpholine rings is 1. The number of ether oxygens (including phenoxy) is 1. The van der Waals surface area contributed by atoms with Gasteiger partial charge in [-0.25, -0.2) is 0 Å². The molecule has 6 nitrogen and oxygen atoms in total. The summed E-state index contributed by atoms with van der Waals surface area (Å²) in [7, 11) is 0. The van der Waals surface area contributed by atoms with Gasteiger partial charge in [0.25, 0.3) is 0 Å². The van der Waals surface area contributed by atoms with Crippen LogP contribution in [-0.4, -0.2) is 31.3 Å². The van der Waals surface area contributed by atoms with Crippen LogP contribution >= 0.6 is 0 Å². The van der Waals surface area contributed by atoms with Crippen molar-refractivity contribution in [1.29, 1.82) is 0 Å². The van der Waals surface area contributed by atoms with Crippen LogP contribution in [-0.2, 0) is 4.74 Å². The van der Waals surface area contributed by atoms with Gasteiger partial charge in [0.2, 0.25) is 0 Å². The quantitative estimate of drug-likeness (QED) is 0.332. The number of rotatable bonds is 1. The number of H-pyrrole nitrogens is 1. The molecule has 0 spiro atoms. The average Bonchev–Trinajstić information content (AvgIpc) is 2.81. The minimum absolute atomic E-state index is 0.133. The Kier molecular flexibility index (Phi) is 3.91. The van der Waals surface area contributed by atoms with Gasteiger partial charge in [-0.2, -0.15) is 0 Å². The maximum absolute atomic E-state index is 13.7. The third-order valence-electron chi connectivity index (χ3n) is 6.20. The van der Waals surface area contributed by atoms with E-state index in [0.717, 1.165) is 16.8 Å². The van der Waals surface area contributed by atoms with Crippen molar-refractivity contribution >= 4 is 49.4 Å². The van der Waals surface area contributed by atoms with Crippen LogP contribution in [0.15, 0.2) is 62.5 Å². The molecule has 1 aromatic heterocycles. The van der Waals surface area contributed by atoms with E-state index in [-0.39, 0.29) is 10.9 Å². The van der Waals surface area contributed by atoms with Crippen LogP contribution in [0, 0.1) is 6.92 Å². The summed E-state index contributed by atoms with van der Waals surface area (Å²) in [6.07, 6.45) is 0. The van der Waals surface area contributed by atoms with E-state index in [1.807, 2.05) is 31.2 Å². The van der Waals surface area contributed by atoms with E-state index in [2.05, 4.69) is 9.88 Å². The summed E-state index contributed by atoms with van der Waals surface area (Å²) in [6, 6.07) is 14.7. The van der Waals surface area contributed by atoms with Crippen LogP contribution in [0.25, 0.3) is 43.7 Å². The highest BCUT2D eigenvalue weighted by Gasteiger charge is 2.23. The monoisotopic (exact) mass is 412 g/mol. The molecule has 1 N–H and O–H groups in total. The Morgan fingerprint density at radius 2 is 1.55 bits per heavy atom. The van der Waals surface area contributed by atoms with Gasteiger partial charge in [-0.05, 0) is 18.6 Å². The van der Waals surface area contributed by atoms with Gasteiger partial charge in [0.1, 0.15) is 0 Å². The lowest BCUT2D eigenvalue weighted by Gasteiger charge is -2.30. The summed E-state index contributed by atoms with van der Waals surface area (Å²) in [5.41, 5.74) is 4.06. The molecule has 1 saturated heterocycles. The van der Waals surface area contributed by atoms with Gasteiger partial charge in [-0.1, -0.05) is 36.4 Å². The second kappa shape index (κ2) is 6.68. The molecule has 0 aliphatic carbocycles. The highest BCUT2D eigenvalue weighted by atomic mass is 16.5. The SMILES string of the molecule is Cc1cccc2oc3cc(N4CCOCC4)c4c(=O)c5ccccc5c(=O)c4c3[nH]c12. The number of aromatic amines is 1. The number of nitrogens with one attached hydrogen (secondary N) is 1. The number of aromatic nitrogens is 1. The summed E-state index contributed by atoms with van der Waals surface area (Å²) in [4.78, 5) is 32.8. The molecular formula is C25H20N2O4. The number of hydrogen-bond acceptors (Lipinski definition) is 5. The first-order valence-electron chi connectivity index (χ1n) is 10.4. The fraction of sp³-hybridized carbons (Fsp3) is 0.200. The molecule has 0 unspecified atom stereocenters. The lowest BCUT2D eigenvalue weighted by atomic mass is 9.99. The van der Waals surface area contributed by atoms with E-state index < -0.39 is 0 Å². The maximum atomic E-state index is 13.7. The van der Waals surface area contributed by atoms with Crippen molar-refractivity contribution in [3.8, 4) is 0 Å². The molecule has 0 bridgehead atoms. The number of hydrogen-bond donors (Lipinski definition) is 1. The first-order chi connectivity index (χ1) is 15.1. The highest BCUT2D eigenvalue weighted by Crippen LogP contribution is 2.33. The highest BCUT2D eigenvalue weighted by molar-refractivity contribution is 6.15. The van der Waals surface area contributed by atoms with Crippen LogP contribution in [0.5, 0.6) is 0 Å². The Morgan fingerprint density at radius 3 is 2.29 bits per heavy atom. The van der Waals surface area contributed by atoms with Crippen molar-refractivity contribution in [2.45, 2.75) is 6.92 Å². The number of fused-ring (bicyclic) bond motifs is 5. The zero-order chi connectivity index (χ0) is 21.1. The van der Waals surface area contributed by atoms with Crippen molar-refractivity contribution in [1.82, 2.24) is 4.98 Å². The molecule has 1 aliphatic heterocycles. The summed E-state index contributed by atoms with van der Waals surface area (Å²) >= 11 is 0. The molecule has 1 fully saturated rings. The normalized spacial score (nSPS) is 14.8. The second-order valence-corrected chi connectivity index (χ2v) is 8.00. The number of benzene rings is 4. The largest absolute Gasteiger partial charge is 0.453 e. The van der Waals surface area contributed by atoms with Crippen molar-refractivity contribution in [2.75, 3.05) is 31.2 Å². The third-order valence-corrected chi connectivity index (χ3v) is 6.20. The van der Waals surface area contributed by atoms with Crippen LogP contribution < -0.4 is 15.8 Å². The Hall–Kier alpha value is -3.64. The van der Waals surface area contributed by atoms with Gasteiger partial charge in [0.15, 0.2) is 22.0 Å². The molecule has 0 amide bonds. The summed E-state index contributed by atoms with van der Waals surface area (Å²) < 4.78 is 11.7. The van der Waals surface area contributed by atoms with Gasteiger partial charge < -0.3 is 19.0 Å². The number of para-hydroxylation sites is 1. The first-order valence-corrected chi connectivity index (χ1v) is 10.4. The number of aryl methyl sites for hydroxylation is 1. The molecule has 0 radical (unpaired) electrons. The van der Waals surface area contributed by atoms with E-state index >= 15 is 0 Å². The summed E-state index contributed by atoms with van der Waals surface area (Å²) in [5, 5.41) is 1.70. The molecule has 1 aliphatic rings. The third kappa shape index (κ3) is 2.61.